The van der Waals surface area contributed by atoms with Crippen molar-refractivity contribution in [2.75, 3.05) is 26.2 Å². The van der Waals surface area contributed by atoms with Gasteiger partial charge in [0.2, 0.25) is 0 Å². The lowest BCUT2D eigenvalue weighted by Gasteiger charge is -2.32. The average Bonchev–Trinajstić information content (AvgIpc) is 3.03. The predicted octanol–water partition coefficient (Wildman–Crippen LogP) is 7.68. The molecule has 0 amide bonds. The van der Waals surface area contributed by atoms with Crippen molar-refractivity contribution in [2.24, 2.45) is 0 Å². The zero-order valence-electron chi connectivity index (χ0n) is 23.4. The van der Waals surface area contributed by atoms with Crippen LogP contribution in [-0.2, 0) is 13.1 Å². The highest BCUT2D eigenvalue weighted by Crippen LogP contribution is 2.29. The van der Waals surface area contributed by atoms with Crippen LogP contribution in [0.1, 0.15) is 75.7 Å². The first kappa shape index (κ1) is 26.7. The maximum absolute atomic E-state index is 13.2. The Morgan fingerprint density at radius 1 is 0.500 bits per heavy atom. The standard InChI is InChI=1S/C37H40N2O/c40-37(35-15-11-29(12-16-35)27-38-23-19-33(20-24-38)31-7-3-1-4-8-31)36-17-13-30(14-18-36)28-39-25-21-34(22-26-39)32-9-5-2-6-10-32/h1-18,33-34H,19-28H2. The first-order chi connectivity index (χ1) is 19.7. The van der Waals surface area contributed by atoms with Crippen molar-refractivity contribution in [3.63, 3.8) is 0 Å². The Balaban J connectivity index is 0.976. The fourth-order valence-electron chi connectivity index (χ4n) is 6.51. The molecule has 0 bridgehead atoms. The summed E-state index contributed by atoms with van der Waals surface area (Å²) >= 11 is 0. The molecule has 0 aromatic heterocycles. The molecule has 2 heterocycles. The highest BCUT2D eigenvalue weighted by Gasteiger charge is 2.22. The Kier molecular flexibility index (Phi) is 8.51. The van der Waals surface area contributed by atoms with Crippen molar-refractivity contribution in [3.8, 4) is 0 Å². The second-order valence-electron chi connectivity index (χ2n) is 11.6. The molecule has 0 radical (unpaired) electrons. The number of rotatable bonds is 8. The number of hydrogen-bond acceptors (Lipinski definition) is 3. The number of likely N-dealkylation sites (tertiary alicyclic amines) is 2. The lowest BCUT2D eigenvalue weighted by atomic mass is 9.89. The summed E-state index contributed by atoms with van der Waals surface area (Å²) in [5.41, 5.74) is 7.04. The monoisotopic (exact) mass is 528 g/mol. The van der Waals surface area contributed by atoms with Crippen LogP contribution in [0.3, 0.4) is 0 Å². The van der Waals surface area contributed by atoms with Crippen molar-refractivity contribution in [3.05, 3.63) is 143 Å². The normalized spacial score (nSPS) is 17.6. The number of benzene rings is 4. The minimum Gasteiger partial charge on any atom is -0.299 e. The van der Waals surface area contributed by atoms with Crippen LogP contribution in [0.15, 0.2) is 109 Å². The van der Waals surface area contributed by atoms with Gasteiger partial charge in [-0.2, -0.15) is 0 Å². The van der Waals surface area contributed by atoms with Crippen LogP contribution >= 0.6 is 0 Å². The minimum absolute atomic E-state index is 0.102. The highest BCUT2D eigenvalue weighted by atomic mass is 16.1. The number of carbonyl (C=O) groups is 1. The lowest BCUT2D eigenvalue weighted by molar-refractivity contribution is 0.103. The topological polar surface area (TPSA) is 23.6 Å². The molecule has 2 saturated heterocycles. The number of piperidine rings is 2. The molecule has 40 heavy (non-hydrogen) atoms. The summed E-state index contributed by atoms with van der Waals surface area (Å²) in [6.07, 6.45) is 4.84. The summed E-state index contributed by atoms with van der Waals surface area (Å²) in [5, 5.41) is 0. The molecule has 0 N–H and O–H groups in total. The summed E-state index contributed by atoms with van der Waals surface area (Å²) in [6, 6.07) is 38.4. The van der Waals surface area contributed by atoms with Crippen molar-refractivity contribution in [1.29, 1.82) is 0 Å². The molecule has 3 heteroatoms. The molecule has 4 aromatic rings. The average molecular weight is 529 g/mol. The first-order valence-electron chi connectivity index (χ1n) is 15.0. The predicted molar refractivity (Wildman–Crippen MR) is 164 cm³/mol. The minimum atomic E-state index is 0.102. The molecule has 0 atom stereocenters. The van der Waals surface area contributed by atoms with E-state index in [1.807, 2.05) is 24.3 Å². The summed E-state index contributed by atoms with van der Waals surface area (Å²) in [6.45, 7) is 6.39. The van der Waals surface area contributed by atoms with Crippen LogP contribution in [0.5, 0.6) is 0 Å². The Labute approximate surface area is 239 Å². The third-order valence-corrected chi connectivity index (χ3v) is 8.96. The van der Waals surface area contributed by atoms with Crippen molar-refractivity contribution in [2.45, 2.75) is 50.6 Å². The Hall–Kier alpha value is -3.53. The van der Waals surface area contributed by atoms with Gasteiger partial charge in [-0.05, 0) is 86.0 Å². The van der Waals surface area contributed by atoms with Crippen LogP contribution in [0, 0.1) is 0 Å². The molecule has 0 saturated carbocycles. The van der Waals surface area contributed by atoms with Gasteiger partial charge in [-0.3, -0.25) is 14.6 Å². The molecule has 0 spiro atoms. The van der Waals surface area contributed by atoms with Gasteiger partial charge in [-0.25, -0.2) is 0 Å². The zero-order valence-corrected chi connectivity index (χ0v) is 23.4. The van der Waals surface area contributed by atoms with E-state index in [4.69, 9.17) is 0 Å². The maximum atomic E-state index is 13.2. The SMILES string of the molecule is O=C(c1ccc(CN2CCC(c3ccccc3)CC2)cc1)c1ccc(CN2CCC(c3ccccc3)CC2)cc1. The third-order valence-electron chi connectivity index (χ3n) is 8.96. The largest absolute Gasteiger partial charge is 0.299 e. The van der Waals surface area contributed by atoms with Crippen molar-refractivity contribution in [1.82, 2.24) is 9.80 Å². The fourth-order valence-corrected chi connectivity index (χ4v) is 6.51. The Bertz CT molecular complexity index is 1240. The van der Waals surface area contributed by atoms with E-state index in [9.17, 15) is 4.79 Å². The van der Waals surface area contributed by atoms with E-state index in [2.05, 4.69) is 94.7 Å². The Morgan fingerprint density at radius 2 is 0.850 bits per heavy atom. The third kappa shape index (κ3) is 6.60. The molecular formula is C37H40N2O. The molecule has 0 unspecified atom stereocenters. The molecular weight excluding hydrogens is 488 g/mol. The van der Waals surface area contributed by atoms with E-state index in [0.717, 1.165) is 50.4 Å². The molecule has 6 rings (SSSR count). The molecule has 2 aliphatic heterocycles. The molecule has 2 aliphatic rings. The van der Waals surface area contributed by atoms with Gasteiger partial charge in [0.25, 0.3) is 0 Å². The van der Waals surface area contributed by atoms with Gasteiger partial charge in [0, 0.05) is 24.2 Å². The van der Waals surface area contributed by atoms with Crippen LogP contribution in [0.2, 0.25) is 0 Å². The van der Waals surface area contributed by atoms with Crippen LogP contribution in [-0.4, -0.2) is 41.8 Å². The van der Waals surface area contributed by atoms with Crippen molar-refractivity contribution >= 4 is 5.78 Å². The van der Waals surface area contributed by atoms with E-state index in [1.165, 1.54) is 47.9 Å². The van der Waals surface area contributed by atoms with Gasteiger partial charge in [-0.1, -0.05) is 109 Å². The zero-order chi connectivity index (χ0) is 27.1. The second-order valence-corrected chi connectivity index (χ2v) is 11.6. The molecule has 2 fully saturated rings. The smallest absolute Gasteiger partial charge is 0.193 e. The van der Waals surface area contributed by atoms with E-state index < -0.39 is 0 Å². The number of hydrogen-bond donors (Lipinski definition) is 0. The summed E-state index contributed by atoms with van der Waals surface area (Å²) in [4.78, 5) is 18.3. The lowest BCUT2D eigenvalue weighted by Crippen LogP contribution is -2.32. The van der Waals surface area contributed by atoms with E-state index >= 15 is 0 Å². The molecule has 4 aromatic carbocycles. The fraction of sp³-hybridized carbons (Fsp3) is 0.324. The maximum Gasteiger partial charge on any atom is 0.193 e. The van der Waals surface area contributed by atoms with Gasteiger partial charge in [0.15, 0.2) is 5.78 Å². The Morgan fingerprint density at radius 3 is 1.20 bits per heavy atom. The van der Waals surface area contributed by atoms with Crippen molar-refractivity contribution < 1.29 is 4.79 Å². The first-order valence-corrected chi connectivity index (χ1v) is 15.0. The quantitative estimate of drug-likeness (QED) is 0.219. The van der Waals surface area contributed by atoms with E-state index in [0.29, 0.717) is 11.8 Å². The van der Waals surface area contributed by atoms with Gasteiger partial charge in [-0.15, -0.1) is 0 Å². The van der Waals surface area contributed by atoms with Crippen LogP contribution in [0.25, 0.3) is 0 Å². The van der Waals surface area contributed by atoms with E-state index in [-0.39, 0.29) is 5.78 Å². The number of ketones is 1. The summed E-state index contributed by atoms with van der Waals surface area (Å²) in [5.74, 6) is 1.46. The molecule has 204 valence electrons. The van der Waals surface area contributed by atoms with Gasteiger partial charge in [0.1, 0.15) is 0 Å². The molecule has 3 nitrogen and oxygen atoms in total. The van der Waals surface area contributed by atoms with Crippen LogP contribution in [0.4, 0.5) is 0 Å². The number of carbonyl (C=O) groups excluding carboxylic acids is 1. The van der Waals surface area contributed by atoms with Gasteiger partial charge < -0.3 is 0 Å². The van der Waals surface area contributed by atoms with Gasteiger partial charge in [0.05, 0.1) is 0 Å². The van der Waals surface area contributed by atoms with Crippen LogP contribution < -0.4 is 0 Å². The van der Waals surface area contributed by atoms with E-state index in [1.54, 1.807) is 0 Å². The summed E-state index contributed by atoms with van der Waals surface area (Å²) < 4.78 is 0. The summed E-state index contributed by atoms with van der Waals surface area (Å²) in [7, 11) is 0. The van der Waals surface area contributed by atoms with Gasteiger partial charge >= 0.3 is 0 Å². The second kappa shape index (κ2) is 12.8. The number of nitrogens with zero attached hydrogens (tertiary/aromatic N) is 2. The molecule has 0 aliphatic carbocycles. The highest BCUT2D eigenvalue weighted by molar-refractivity contribution is 6.09.